The molecule has 5 heavy (non-hydrogen) atoms. The fourth-order valence-corrected chi connectivity index (χ4v) is 0.250. The van der Waals surface area contributed by atoms with E-state index >= 15 is 0 Å². The summed E-state index contributed by atoms with van der Waals surface area (Å²) < 4.78 is 0. The van der Waals surface area contributed by atoms with E-state index in [-0.39, 0.29) is 0 Å². The molecule has 0 unspecified atom stereocenters. The van der Waals surface area contributed by atoms with Crippen LogP contribution in [0.3, 0.4) is 0 Å². The van der Waals surface area contributed by atoms with Gasteiger partial charge in [0.25, 0.3) is 0 Å². The summed E-state index contributed by atoms with van der Waals surface area (Å²) >= 11 is 0. The zero-order chi connectivity index (χ0) is 4.12. The molecule has 0 aliphatic carbocycles. The van der Waals surface area contributed by atoms with Gasteiger partial charge in [0.15, 0.2) is 0 Å². The maximum atomic E-state index is 3.68. The van der Waals surface area contributed by atoms with Gasteiger partial charge in [-0.3, -0.25) is 0 Å². The summed E-state index contributed by atoms with van der Waals surface area (Å²) in [5.74, 6) is 0. The second kappa shape index (κ2) is 4.06. The fraction of sp³-hybridized carbons (Fsp3) is 0.750. The van der Waals surface area contributed by atoms with Gasteiger partial charge >= 0.3 is 0 Å². The Bertz CT molecular complexity index is 11.1. The van der Waals surface area contributed by atoms with E-state index in [0.29, 0.717) is 0 Å². The summed E-state index contributed by atoms with van der Waals surface area (Å²) in [4.78, 5) is 0. The molecule has 29 valence electrons. The Hall–Kier alpha value is 0.0649. The Morgan fingerprint density at radius 3 is 2.20 bits per heavy atom. The van der Waals surface area contributed by atoms with Gasteiger partial charge in [0.05, 0.1) is 0 Å². The lowest BCUT2D eigenvalue weighted by Crippen LogP contribution is -1.64. The van der Waals surface area contributed by atoms with Gasteiger partial charge in [-0.1, -0.05) is 26.1 Å². The van der Waals surface area contributed by atoms with Crippen LogP contribution in [0.15, 0.2) is 0 Å². The molecule has 0 aliphatic rings. The molecule has 0 aromatic rings. The first kappa shape index (κ1) is 5.06. The molecule has 0 aliphatic heterocycles. The second-order valence-corrected chi connectivity index (χ2v) is 1.21. The number of hydrogen-bond acceptors (Lipinski definition) is 0. The Kier molecular flexibility index (Phi) is 4.12. The first-order valence-corrected chi connectivity index (χ1v) is 2.21. The van der Waals surface area contributed by atoms with Crippen LogP contribution in [0.4, 0.5) is 0 Å². The Morgan fingerprint density at radius 2 is 2.20 bits per heavy atom. The Morgan fingerprint density at radius 1 is 1.60 bits per heavy atom. The second-order valence-electron chi connectivity index (χ2n) is 1.21. The van der Waals surface area contributed by atoms with E-state index < -0.39 is 0 Å². The third-order valence-electron chi connectivity index (χ3n) is 0.604. The lowest BCUT2D eigenvalue weighted by molar-refractivity contribution is 0.953. The van der Waals surface area contributed by atoms with Gasteiger partial charge in [0, 0.05) is 0 Å². The maximum absolute atomic E-state index is 3.68. The highest BCUT2D eigenvalue weighted by molar-refractivity contribution is 6.08. The highest BCUT2D eigenvalue weighted by Gasteiger charge is 1.69. The van der Waals surface area contributed by atoms with Crippen LogP contribution in [0, 0.1) is 6.92 Å². The molecule has 0 nitrogen and oxygen atoms in total. The normalized spacial score (nSPS) is 8.20. The molecule has 0 aromatic heterocycles. The van der Waals surface area contributed by atoms with E-state index in [1.165, 1.54) is 12.7 Å². The highest BCUT2D eigenvalue weighted by Crippen LogP contribution is 1.86. The minimum absolute atomic E-state index is 1.09. The summed E-state index contributed by atoms with van der Waals surface area (Å²) in [6.07, 6.45) is 3.65. The minimum Gasteiger partial charge on any atom is -0.0811 e. The molecule has 0 amide bonds. The predicted molar refractivity (Wildman–Crippen MR) is 27.9 cm³/mol. The van der Waals surface area contributed by atoms with Crippen molar-refractivity contribution in [3.63, 3.8) is 0 Å². The van der Waals surface area contributed by atoms with Crippen molar-refractivity contribution in [3.8, 4) is 0 Å². The van der Waals surface area contributed by atoms with E-state index in [1.807, 2.05) is 0 Å². The first-order chi connectivity index (χ1) is 2.41. The van der Waals surface area contributed by atoms with Crippen molar-refractivity contribution < 1.29 is 0 Å². The zero-order valence-electron chi connectivity index (χ0n) is 3.83. The van der Waals surface area contributed by atoms with Crippen molar-refractivity contribution in [1.82, 2.24) is 0 Å². The van der Waals surface area contributed by atoms with Crippen molar-refractivity contribution >= 4 is 7.85 Å². The number of rotatable bonds is 2. The van der Waals surface area contributed by atoms with Crippen molar-refractivity contribution in [2.45, 2.75) is 19.2 Å². The molecule has 0 spiro atoms. The smallest absolute Gasteiger partial charge is 0.0811 e. The number of hydrogen-bond donors (Lipinski definition) is 0. The van der Waals surface area contributed by atoms with Crippen LogP contribution >= 0.6 is 0 Å². The molecule has 1 radical (unpaired) electrons. The van der Waals surface area contributed by atoms with E-state index in [2.05, 4.69) is 14.8 Å². The van der Waals surface area contributed by atoms with Crippen molar-refractivity contribution in [1.29, 1.82) is 0 Å². The Balaban J connectivity index is 2.19. The molecule has 0 N–H and O–H groups in total. The van der Waals surface area contributed by atoms with Gasteiger partial charge < -0.3 is 0 Å². The average molecular weight is 68.9 g/mol. The summed E-state index contributed by atoms with van der Waals surface area (Å²) in [6.45, 7) is 3.68. The van der Waals surface area contributed by atoms with Gasteiger partial charge in [-0.15, -0.1) is 0 Å². The van der Waals surface area contributed by atoms with Crippen LogP contribution in [0.25, 0.3) is 0 Å². The quantitative estimate of drug-likeness (QED) is 0.417. The van der Waals surface area contributed by atoms with Crippen molar-refractivity contribution in [2.24, 2.45) is 0 Å². The van der Waals surface area contributed by atoms with Gasteiger partial charge in [0.2, 0.25) is 0 Å². The molecule has 0 bridgehead atoms. The lowest BCUT2D eigenvalue weighted by atomic mass is 10.0. The van der Waals surface area contributed by atoms with E-state index in [0.717, 1.165) is 6.42 Å². The minimum atomic E-state index is 1.09. The van der Waals surface area contributed by atoms with Gasteiger partial charge in [-0.05, 0) is 0 Å². The van der Waals surface area contributed by atoms with Crippen LogP contribution in [0.1, 0.15) is 12.8 Å². The van der Waals surface area contributed by atoms with E-state index in [4.69, 9.17) is 0 Å². The third-order valence-corrected chi connectivity index (χ3v) is 0.604. The van der Waals surface area contributed by atoms with Gasteiger partial charge in [-0.2, -0.15) is 0 Å². The zero-order valence-corrected chi connectivity index (χ0v) is 3.83. The lowest BCUT2D eigenvalue weighted by Gasteiger charge is -1.78. The summed E-state index contributed by atoms with van der Waals surface area (Å²) in [7, 11) is 2.17. The molecule has 0 aromatic carbocycles. The molecule has 0 atom stereocenters. The SMILES string of the molecule is BCCC[CH2]. The highest BCUT2D eigenvalue weighted by atomic mass is 13.7. The number of unbranched alkanes of at least 4 members (excludes halogenated alkanes) is 1. The molecule has 0 heterocycles. The molecule has 1 heteroatoms. The predicted octanol–water partition coefficient (Wildman–Crippen LogP) is 0.652. The summed E-state index contributed by atoms with van der Waals surface area (Å²) in [5, 5.41) is 0. The van der Waals surface area contributed by atoms with Crippen LogP contribution < -0.4 is 0 Å². The van der Waals surface area contributed by atoms with Gasteiger partial charge in [0.1, 0.15) is 7.85 Å². The van der Waals surface area contributed by atoms with Crippen LogP contribution in [-0.4, -0.2) is 7.85 Å². The Labute approximate surface area is 35.0 Å². The van der Waals surface area contributed by atoms with Crippen molar-refractivity contribution in [2.75, 3.05) is 0 Å². The van der Waals surface area contributed by atoms with E-state index in [9.17, 15) is 0 Å². The summed E-state index contributed by atoms with van der Waals surface area (Å²) in [5.41, 5.74) is 0. The fourth-order valence-electron chi connectivity index (χ4n) is 0.250. The van der Waals surface area contributed by atoms with Crippen molar-refractivity contribution in [3.05, 3.63) is 6.92 Å². The molecule has 0 saturated heterocycles. The molecule has 0 saturated carbocycles. The molecule has 0 fully saturated rings. The maximum Gasteiger partial charge on any atom is 0.101 e. The largest absolute Gasteiger partial charge is 0.101 e. The van der Waals surface area contributed by atoms with Gasteiger partial charge in [-0.25, -0.2) is 0 Å². The molecule has 0 rings (SSSR count). The summed E-state index contributed by atoms with van der Waals surface area (Å²) in [6, 6.07) is 0. The molecular weight excluding hydrogens is 58.9 g/mol. The van der Waals surface area contributed by atoms with Crippen LogP contribution in [0.5, 0.6) is 0 Å². The first-order valence-electron chi connectivity index (χ1n) is 2.21. The standard InChI is InChI=1S/C4H10B/c1-2-3-4-5/h1-5H2. The molecular formula is C4H10B. The topological polar surface area (TPSA) is 0 Å². The van der Waals surface area contributed by atoms with E-state index in [1.54, 1.807) is 0 Å². The average Bonchev–Trinajstić information content (AvgIpc) is 1.41. The van der Waals surface area contributed by atoms with Crippen LogP contribution in [0.2, 0.25) is 6.32 Å². The van der Waals surface area contributed by atoms with Crippen LogP contribution in [-0.2, 0) is 0 Å². The monoisotopic (exact) mass is 69.1 g/mol. The third kappa shape index (κ3) is 4.06.